The number of carbonyl (C=O) groups excluding carboxylic acids is 1. The Labute approximate surface area is 118 Å². The largest absolute Gasteiger partial charge is 0.419 e. The first kappa shape index (κ1) is 15.7. The van der Waals surface area contributed by atoms with E-state index in [1.807, 2.05) is 0 Å². The van der Waals surface area contributed by atoms with E-state index in [1.54, 1.807) is 0 Å². The van der Waals surface area contributed by atoms with Gasteiger partial charge in [-0.3, -0.25) is 4.79 Å². The van der Waals surface area contributed by atoms with Crippen molar-refractivity contribution in [2.45, 2.75) is 12.3 Å². The molecule has 1 unspecified atom stereocenters. The Bertz CT molecular complexity index is 513. The van der Waals surface area contributed by atoms with Crippen LogP contribution in [0.25, 0.3) is 0 Å². The summed E-state index contributed by atoms with van der Waals surface area (Å²) in [5.41, 5.74) is -2.12. The molecular formula is C13H13F4NO3. The number of hydrogen-bond acceptors (Lipinski definition) is 3. The lowest BCUT2D eigenvalue weighted by molar-refractivity contribution is -0.140. The van der Waals surface area contributed by atoms with Gasteiger partial charge in [0.15, 0.2) is 0 Å². The smallest absolute Gasteiger partial charge is 0.376 e. The molecule has 4 nitrogen and oxygen atoms in total. The summed E-state index contributed by atoms with van der Waals surface area (Å²) in [5, 5.41) is 2.34. The molecule has 0 aromatic heterocycles. The van der Waals surface area contributed by atoms with Crippen LogP contribution >= 0.6 is 0 Å². The average molecular weight is 307 g/mol. The third-order valence-corrected chi connectivity index (χ3v) is 2.92. The van der Waals surface area contributed by atoms with Gasteiger partial charge >= 0.3 is 6.18 Å². The van der Waals surface area contributed by atoms with Crippen molar-refractivity contribution in [1.82, 2.24) is 5.32 Å². The predicted octanol–water partition coefficient (Wildman–Crippen LogP) is 1.99. The Kier molecular flexibility index (Phi) is 4.79. The van der Waals surface area contributed by atoms with E-state index in [9.17, 15) is 22.4 Å². The van der Waals surface area contributed by atoms with Gasteiger partial charge < -0.3 is 14.8 Å². The summed E-state index contributed by atoms with van der Waals surface area (Å²) >= 11 is 0. The molecule has 1 fully saturated rings. The van der Waals surface area contributed by atoms with Crippen LogP contribution in [0.5, 0.6) is 0 Å². The highest BCUT2D eigenvalue weighted by molar-refractivity contribution is 5.94. The lowest BCUT2D eigenvalue weighted by atomic mass is 10.1. The molecule has 1 saturated heterocycles. The number of ether oxygens (including phenoxy) is 2. The Balaban J connectivity index is 2.05. The second-order valence-electron chi connectivity index (χ2n) is 4.44. The number of carbonyl (C=O) groups is 1. The van der Waals surface area contributed by atoms with E-state index in [-0.39, 0.29) is 13.2 Å². The molecule has 1 atom stereocenters. The zero-order valence-electron chi connectivity index (χ0n) is 10.9. The van der Waals surface area contributed by atoms with Crippen molar-refractivity contribution in [3.63, 3.8) is 0 Å². The van der Waals surface area contributed by atoms with Gasteiger partial charge in [0.25, 0.3) is 5.91 Å². The van der Waals surface area contributed by atoms with E-state index in [1.165, 1.54) is 0 Å². The number of halogens is 4. The Morgan fingerprint density at radius 3 is 2.71 bits per heavy atom. The molecule has 0 aliphatic carbocycles. The van der Waals surface area contributed by atoms with Gasteiger partial charge in [0.05, 0.1) is 37.1 Å². The molecule has 116 valence electrons. The van der Waals surface area contributed by atoms with Gasteiger partial charge in [0.1, 0.15) is 5.82 Å². The molecule has 0 spiro atoms. The maximum absolute atomic E-state index is 13.7. The van der Waals surface area contributed by atoms with E-state index in [0.29, 0.717) is 19.3 Å². The highest BCUT2D eigenvalue weighted by Gasteiger charge is 2.35. The van der Waals surface area contributed by atoms with Gasteiger partial charge in [0, 0.05) is 6.54 Å². The number of benzene rings is 1. The van der Waals surface area contributed by atoms with E-state index in [2.05, 4.69) is 5.32 Å². The molecule has 21 heavy (non-hydrogen) atoms. The monoisotopic (exact) mass is 307 g/mol. The van der Waals surface area contributed by atoms with Gasteiger partial charge in [0.2, 0.25) is 0 Å². The molecule has 1 N–H and O–H groups in total. The SMILES string of the molecule is O=C(NCC1COCCO1)c1cccc(C(F)(F)F)c1F. The molecule has 0 radical (unpaired) electrons. The zero-order chi connectivity index (χ0) is 15.5. The van der Waals surface area contributed by atoms with E-state index in [4.69, 9.17) is 9.47 Å². The van der Waals surface area contributed by atoms with Crippen LogP contribution in [0.2, 0.25) is 0 Å². The number of hydrogen-bond donors (Lipinski definition) is 1. The van der Waals surface area contributed by atoms with E-state index < -0.39 is 35.1 Å². The lowest BCUT2D eigenvalue weighted by Crippen LogP contribution is -2.40. The maximum Gasteiger partial charge on any atom is 0.419 e. The van der Waals surface area contributed by atoms with Gasteiger partial charge in [-0.05, 0) is 12.1 Å². The molecule has 1 aliphatic heterocycles. The zero-order valence-corrected chi connectivity index (χ0v) is 10.9. The average Bonchev–Trinajstić information content (AvgIpc) is 2.45. The fourth-order valence-corrected chi connectivity index (χ4v) is 1.88. The second kappa shape index (κ2) is 6.40. The van der Waals surface area contributed by atoms with Crippen molar-refractivity contribution in [1.29, 1.82) is 0 Å². The van der Waals surface area contributed by atoms with Crippen molar-refractivity contribution < 1.29 is 31.8 Å². The standard InChI is InChI=1S/C13H13F4NO3/c14-11-9(2-1-3-10(11)13(15,16)17)12(19)18-6-8-7-20-4-5-21-8/h1-3,8H,4-7H2,(H,18,19). The van der Waals surface area contributed by atoms with Gasteiger partial charge in [-0.1, -0.05) is 6.07 Å². The van der Waals surface area contributed by atoms with Crippen LogP contribution in [0.1, 0.15) is 15.9 Å². The Morgan fingerprint density at radius 1 is 1.33 bits per heavy atom. The number of nitrogens with one attached hydrogen (secondary N) is 1. The van der Waals surface area contributed by atoms with Crippen LogP contribution in [0, 0.1) is 5.82 Å². The Morgan fingerprint density at radius 2 is 2.10 bits per heavy atom. The van der Waals surface area contributed by atoms with Crippen LogP contribution in [0.4, 0.5) is 17.6 Å². The highest BCUT2D eigenvalue weighted by atomic mass is 19.4. The molecule has 1 aromatic carbocycles. The van der Waals surface area contributed by atoms with Gasteiger partial charge in [-0.15, -0.1) is 0 Å². The summed E-state index contributed by atoms with van der Waals surface area (Å²) in [6, 6.07) is 2.57. The maximum atomic E-state index is 13.7. The van der Waals surface area contributed by atoms with Crippen LogP contribution in [-0.4, -0.2) is 38.4 Å². The first-order valence-electron chi connectivity index (χ1n) is 6.23. The fourth-order valence-electron chi connectivity index (χ4n) is 1.88. The van der Waals surface area contributed by atoms with E-state index in [0.717, 1.165) is 12.1 Å². The minimum absolute atomic E-state index is 0.0362. The summed E-state index contributed by atoms with van der Waals surface area (Å²) in [7, 11) is 0. The highest BCUT2D eigenvalue weighted by Crippen LogP contribution is 2.32. The summed E-state index contributed by atoms with van der Waals surface area (Å²) in [6.45, 7) is 1.13. The number of rotatable bonds is 3. The molecule has 1 heterocycles. The topological polar surface area (TPSA) is 47.6 Å². The van der Waals surface area contributed by atoms with Crippen LogP contribution in [0.15, 0.2) is 18.2 Å². The second-order valence-corrected chi connectivity index (χ2v) is 4.44. The van der Waals surface area contributed by atoms with Crippen molar-refractivity contribution in [3.05, 3.63) is 35.1 Å². The normalized spacial score (nSPS) is 19.3. The van der Waals surface area contributed by atoms with Crippen molar-refractivity contribution in [2.24, 2.45) is 0 Å². The fraction of sp³-hybridized carbons (Fsp3) is 0.462. The molecule has 1 amide bonds. The van der Waals surface area contributed by atoms with E-state index >= 15 is 0 Å². The molecule has 0 saturated carbocycles. The third-order valence-electron chi connectivity index (χ3n) is 2.92. The quantitative estimate of drug-likeness (QED) is 0.869. The minimum atomic E-state index is -4.85. The van der Waals surface area contributed by atoms with Crippen molar-refractivity contribution in [3.8, 4) is 0 Å². The third kappa shape index (κ3) is 3.92. The van der Waals surface area contributed by atoms with Gasteiger partial charge in [-0.25, -0.2) is 4.39 Å². The first-order chi connectivity index (χ1) is 9.89. The van der Waals surface area contributed by atoms with Crippen LogP contribution < -0.4 is 5.32 Å². The summed E-state index contributed by atoms with van der Waals surface area (Å²) in [6.07, 6.45) is -5.24. The molecule has 8 heteroatoms. The summed E-state index contributed by atoms with van der Waals surface area (Å²) < 4.78 is 61.8. The molecule has 1 aromatic rings. The van der Waals surface area contributed by atoms with Gasteiger partial charge in [-0.2, -0.15) is 13.2 Å². The van der Waals surface area contributed by atoms with Crippen molar-refractivity contribution >= 4 is 5.91 Å². The summed E-state index contributed by atoms with van der Waals surface area (Å²) in [5.74, 6) is -2.50. The predicted molar refractivity (Wildman–Crippen MR) is 64.3 cm³/mol. The molecule has 2 rings (SSSR count). The summed E-state index contributed by atoms with van der Waals surface area (Å²) in [4.78, 5) is 11.8. The minimum Gasteiger partial charge on any atom is -0.376 e. The number of alkyl halides is 3. The van der Waals surface area contributed by atoms with Crippen LogP contribution in [-0.2, 0) is 15.7 Å². The molecule has 1 aliphatic rings. The Hall–Kier alpha value is -1.67. The molecule has 0 bridgehead atoms. The first-order valence-corrected chi connectivity index (χ1v) is 6.23. The number of amides is 1. The van der Waals surface area contributed by atoms with Crippen molar-refractivity contribution in [2.75, 3.05) is 26.4 Å². The van der Waals surface area contributed by atoms with Crippen LogP contribution in [0.3, 0.4) is 0 Å². The lowest BCUT2D eigenvalue weighted by Gasteiger charge is -2.23. The molecular weight excluding hydrogens is 294 g/mol.